The van der Waals surface area contributed by atoms with E-state index in [4.69, 9.17) is 23.2 Å². The molecule has 0 heterocycles. The van der Waals surface area contributed by atoms with Crippen LogP contribution >= 0.6 is 23.2 Å². The van der Waals surface area contributed by atoms with Crippen molar-refractivity contribution in [1.29, 1.82) is 0 Å². The molecule has 0 aromatic heterocycles. The van der Waals surface area contributed by atoms with E-state index in [1.54, 1.807) is 11.0 Å². The van der Waals surface area contributed by atoms with Crippen molar-refractivity contribution in [3.8, 4) is 0 Å². The van der Waals surface area contributed by atoms with Crippen molar-refractivity contribution in [3.63, 3.8) is 0 Å². The number of hydrogen-bond acceptors (Lipinski definition) is 2. The summed E-state index contributed by atoms with van der Waals surface area (Å²) in [7, 11) is 0. The van der Waals surface area contributed by atoms with Gasteiger partial charge in [-0.25, -0.2) is 0 Å². The van der Waals surface area contributed by atoms with Crippen LogP contribution in [0.5, 0.6) is 0 Å². The van der Waals surface area contributed by atoms with E-state index in [9.17, 15) is 9.59 Å². The first kappa shape index (κ1) is 23.6. The quantitative estimate of drug-likeness (QED) is 0.542. The van der Waals surface area contributed by atoms with Crippen LogP contribution < -0.4 is 5.32 Å². The van der Waals surface area contributed by atoms with E-state index in [1.165, 1.54) is 0 Å². The zero-order chi connectivity index (χ0) is 22.4. The third-order valence-corrected chi connectivity index (χ3v) is 6.65. The number of rotatable bonds is 7. The molecule has 1 atom stereocenters. The molecule has 1 unspecified atom stereocenters. The number of hydrogen-bond donors (Lipinski definition) is 1. The first-order valence-electron chi connectivity index (χ1n) is 10.8. The number of carbonyl (C=O) groups is 2. The Morgan fingerprint density at radius 2 is 1.71 bits per heavy atom. The van der Waals surface area contributed by atoms with E-state index in [0.717, 1.165) is 42.4 Å². The van der Waals surface area contributed by atoms with Gasteiger partial charge in [-0.15, -0.1) is 11.6 Å². The van der Waals surface area contributed by atoms with Crippen LogP contribution in [-0.2, 0) is 16.1 Å². The van der Waals surface area contributed by atoms with Crippen molar-refractivity contribution in [2.75, 3.05) is 5.88 Å². The Morgan fingerprint density at radius 3 is 2.32 bits per heavy atom. The average Bonchev–Trinajstić information content (AvgIpc) is 2.77. The Kier molecular flexibility index (Phi) is 8.39. The van der Waals surface area contributed by atoms with Gasteiger partial charge in [-0.1, -0.05) is 66.6 Å². The summed E-state index contributed by atoms with van der Waals surface area (Å²) in [5, 5.41) is 3.76. The van der Waals surface area contributed by atoms with Crippen LogP contribution in [0.15, 0.2) is 48.5 Å². The number of benzene rings is 2. The monoisotopic (exact) mass is 460 g/mol. The lowest BCUT2D eigenvalue weighted by Crippen LogP contribution is -2.47. The average molecular weight is 461 g/mol. The Hall–Kier alpha value is -2.04. The SMILES string of the molecule is Cc1ccc(C(C(=O)NC2CCC(C)CC2)N(Cc2ccccc2Cl)C(=O)CCl)cc1. The van der Waals surface area contributed by atoms with Gasteiger partial charge in [-0.2, -0.15) is 0 Å². The number of nitrogens with one attached hydrogen (secondary N) is 1. The second-order valence-electron chi connectivity index (χ2n) is 8.53. The van der Waals surface area contributed by atoms with Crippen molar-refractivity contribution >= 4 is 35.0 Å². The lowest BCUT2D eigenvalue weighted by atomic mass is 9.87. The van der Waals surface area contributed by atoms with Crippen LogP contribution in [0, 0.1) is 12.8 Å². The fourth-order valence-corrected chi connectivity index (χ4v) is 4.47. The van der Waals surface area contributed by atoms with E-state index >= 15 is 0 Å². The van der Waals surface area contributed by atoms with E-state index < -0.39 is 6.04 Å². The minimum absolute atomic E-state index is 0.130. The molecule has 166 valence electrons. The molecule has 6 heteroatoms. The van der Waals surface area contributed by atoms with Gasteiger partial charge >= 0.3 is 0 Å². The Bertz CT molecular complexity index is 893. The molecule has 2 amide bonds. The smallest absolute Gasteiger partial charge is 0.247 e. The lowest BCUT2D eigenvalue weighted by molar-refractivity contribution is -0.140. The second kappa shape index (κ2) is 11.0. The summed E-state index contributed by atoms with van der Waals surface area (Å²) in [5.74, 6) is 0.00482. The molecule has 2 aromatic carbocycles. The standard InChI is InChI=1S/C25H30Cl2N2O2/c1-17-7-11-19(12-8-17)24(25(31)28-21-13-9-18(2)10-14-21)29(23(30)15-26)16-20-5-3-4-6-22(20)27/h3-8,11-12,18,21,24H,9-10,13-16H2,1-2H3,(H,28,31). The van der Waals surface area contributed by atoms with E-state index in [0.29, 0.717) is 10.9 Å². The number of nitrogens with zero attached hydrogens (tertiary/aromatic N) is 1. The molecule has 0 spiro atoms. The highest BCUT2D eigenvalue weighted by Crippen LogP contribution is 2.29. The van der Waals surface area contributed by atoms with Gasteiger partial charge < -0.3 is 10.2 Å². The molecule has 3 rings (SSSR count). The molecular formula is C25H30Cl2N2O2. The number of carbonyl (C=O) groups excluding carboxylic acids is 2. The van der Waals surface area contributed by atoms with Crippen LogP contribution in [0.4, 0.5) is 0 Å². The summed E-state index contributed by atoms with van der Waals surface area (Å²) in [6.07, 6.45) is 4.12. The van der Waals surface area contributed by atoms with Gasteiger partial charge in [0.1, 0.15) is 11.9 Å². The van der Waals surface area contributed by atoms with Gasteiger partial charge in [0, 0.05) is 17.6 Å². The molecule has 0 radical (unpaired) electrons. The van der Waals surface area contributed by atoms with Crippen LogP contribution in [0.3, 0.4) is 0 Å². The third kappa shape index (κ3) is 6.24. The molecular weight excluding hydrogens is 431 g/mol. The van der Waals surface area contributed by atoms with Gasteiger partial charge in [-0.3, -0.25) is 9.59 Å². The Morgan fingerprint density at radius 1 is 1.06 bits per heavy atom. The van der Waals surface area contributed by atoms with Gasteiger partial charge in [0.2, 0.25) is 11.8 Å². The Balaban J connectivity index is 1.93. The highest BCUT2D eigenvalue weighted by molar-refractivity contribution is 6.31. The molecule has 2 aromatic rings. The number of aryl methyl sites for hydroxylation is 1. The van der Waals surface area contributed by atoms with Gasteiger partial charge in [0.05, 0.1) is 0 Å². The molecule has 1 aliphatic rings. The van der Waals surface area contributed by atoms with Gasteiger partial charge in [-0.05, 0) is 55.7 Å². The zero-order valence-electron chi connectivity index (χ0n) is 18.1. The maximum Gasteiger partial charge on any atom is 0.247 e. The van der Waals surface area contributed by atoms with Gasteiger partial charge in [0.15, 0.2) is 0 Å². The highest BCUT2D eigenvalue weighted by Gasteiger charge is 2.33. The van der Waals surface area contributed by atoms with Crippen LogP contribution in [0.25, 0.3) is 0 Å². The molecule has 4 nitrogen and oxygen atoms in total. The van der Waals surface area contributed by atoms with E-state index in [1.807, 2.05) is 49.4 Å². The van der Waals surface area contributed by atoms with E-state index in [2.05, 4.69) is 12.2 Å². The molecule has 1 N–H and O–H groups in total. The predicted molar refractivity (Wildman–Crippen MR) is 126 cm³/mol. The molecule has 31 heavy (non-hydrogen) atoms. The minimum atomic E-state index is -0.775. The lowest BCUT2D eigenvalue weighted by Gasteiger charge is -2.34. The highest BCUT2D eigenvalue weighted by atomic mass is 35.5. The van der Waals surface area contributed by atoms with Crippen molar-refractivity contribution in [2.45, 2.75) is 58.2 Å². The molecule has 0 bridgehead atoms. The normalized spacial score (nSPS) is 19.5. The maximum atomic E-state index is 13.5. The number of alkyl halides is 1. The zero-order valence-corrected chi connectivity index (χ0v) is 19.6. The summed E-state index contributed by atoms with van der Waals surface area (Å²) in [6.45, 7) is 4.45. The molecule has 1 aliphatic carbocycles. The van der Waals surface area contributed by atoms with Crippen LogP contribution in [-0.4, -0.2) is 28.6 Å². The first-order chi connectivity index (χ1) is 14.9. The van der Waals surface area contributed by atoms with Crippen molar-refractivity contribution in [1.82, 2.24) is 10.2 Å². The molecule has 1 fully saturated rings. The topological polar surface area (TPSA) is 49.4 Å². The van der Waals surface area contributed by atoms with Crippen molar-refractivity contribution in [2.24, 2.45) is 5.92 Å². The maximum absolute atomic E-state index is 13.5. The van der Waals surface area contributed by atoms with Crippen LogP contribution in [0.1, 0.15) is 55.3 Å². The van der Waals surface area contributed by atoms with Crippen molar-refractivity contribution in [3.05, 3.63) is 70.2 Å². The third-order valence-electron chi connectivity index (χ3n) is 6.05. The molecule has 0 saturated heterocycles. The largest absolute Gasteiger partial charge is 0.351 e. The molecule has 1 saturated carbocycles. The van der Waals surface area contributed by atoms with E-state index in [-0.39, 0.29) is 30.3 Å². The van der Waals surface area contributed by atoms with Gasteiger partial charge in [0.25, 0.3) is 0 Å². The predicted octanol–water partition coefficient (Wildman–Crippen LogP) is 5.65. The Labute approximate surface area is 194 Å². The summed E-state index contributed by atoms with van der Waals surface area (Å²) >= 11 is 12.3. The van der Waals surface area contributed by atoms with Crippen molar-refractivity contribution < 1.29 is 9.59 Å². The summed E-state index contributed by atoms with van der Waals surface area (Å²) < 4.78 is 0. The number of amides is 2. The second-order valence-corrected chi connectivity index (χ2v) is 9.20. The fourth-order valence-electron chi connectivity index (χ4n) is 4.12. The van der Waals surface area contributed by atoms with Crippen LogP contribution in [0.2, 0.25) is 5.02 Å². The fraction of sp³-hybridized carbons (Fsp3) is 0.440. The summed E-state index contributed by atoms with van der Waals surface area (Å²) in [6, 6.07) is 14.4. The number of halogens is 2. The first-order valence-corrected chi connectivity index (χ1v) is 11.8. The molecule has 0 aliphatic heterocycles. The summed E-state index contributed by atoms with van der Waals surface area (Å²) in [4.78, 5) is 28.0. The minimum Gasteiger partial charge on any atom is -0.351 e. The summed E-state index contributed by atoms with van der Waals surface area (Å²) in [5.41, 5.74) is 2.63.